The van der Waals surface area contributed by atoms with Gasteiger partial charge in [-0.1, -0.05) is 59.3 Å². The fourth-order valence-electron chi connectivity index (χ4n) is 2.15. The maximum atomic E-state index is 3.71. The Morgan fingerprint density at radius 1 is 0.722 bits per heavy atom. The van der Waals surface area contributed by atoms with Crippen LogP contribution in [0.25, 0.3) is 0 Å². The van der Waals surface area contributed by atoms with Crippen molar-refractivity contribution in [2.45, 2.75) is 84.6 Å². The Labute approximate surface area is 115 Å². The first kappa shape index (κ1) is 17.9. The van der Waals surface area contributed by atoms with Crippen LogP contribution in [0.5, 0.6) is 0 Å². The molecule has 0 radical (unpaired) electrons. The monoisotopic (exact) mass is 256 g/mol. The van der Waals surface area contributed by atoms with E-state index in [-0.39, 0.29) is 0 Å². The highest BCUT2D eigenvalue weighted by Crippen LogP contribution is 2.05. The Bertz CT molecular complexity index is 136. The van der Waals surface area contributed by atoms with E-state index in [9.17, 15) is 0 Å². The maximum absolute atomic E-state index is 3.71. The third kappa shape index (κ3) is 12.4. The average molecular weight is 256 g/mol. The van der Waals surface area contributed by atoms with Crippen LogP contribution >= 0.6 is 0 Å². The normalized spacial score (nSPS) is 12.8. The van der Waals surface area contributed by atoms with Gasteiger partial charge in [-0.3, -0.25) is 0 Å². The summed E-state index contributed by atoms with van der Waals surface area (Å²) < 4.78 is 0. The Kier molecular flexibility index (Phi) is 14.9. The lowest BCUT2D eigenvalue weighted by atomic mass is 10.1. The van der Waals surface area contributed by atoms with Gasteiger partial charge in [0.05, 0.1) is 0 Å². The van der Waals surface area contributed by atoms with Gasteiger partial charge in [-0.05, 0) is 32.4 Å². The largest absolute Gasteiger partial charge is 0.315 e. The second kappa shape index (κ2) is 15.0. The quantitative estimate of drug-likeness (QED) is 0.457. The molecule has 1 atom stereocenters. The molecule has 2 N–H and O–H groups in total. The van der Waals surface area contributed by atoms with E-state index in [4.69, 9.17) is 0 Å². The van der Waals surface area contributed by atoms with Crippen molar-refractivity contribution in [1.82, 2.24) is 10.6 Å². The van der Waals surface area contributed by atoms with Crippen molar-refractivity contribution in [1.29, 1.82) is 0 Å². The van der Waals surface area contributed by atoms with E-state index in [0.29, 0.717) is 6.04 Å². The van der Waals surface area contributed by atoms with Gasteiger partial charge in [-0.15, -0.1) is 0 Å². The molecular weight excluding hydrogens is 220 g/mol. The van der Waals surface area contributed by atoms with E-state index in [0.717, 1.165) is 6.54 Å². The van der Waals surface area contributed by atoms with Gasteiger partial charge < -0.3 is 10.6 Å². The molecule has 0 bridgehead atoms. The third-order valence-corrected chi connectivity index (χ3v) is 3.47. The SMILES string of the molecule is CCCCCCC(CNCCCC)NCCCC. The highest BCUT2D eigenvalue weighted by atomic mass is 15.0. The van der Waals surface area contributed by atoms with Gasteiger partial charge in [0.1, 0.15) is 0 Å². The van der Waals surface area contributed by atoms with Gasteiger partial charge in [0.25, 0.3) is 0 Å². The Morgan fingerprint density at radius 2 is 1.39 bits per heavy atom. The molecule has 0 amide bonds. The Balaban J connectivity index is 3.62. The second-order valence-corrected chi connectivity index (χ2v) is 5.41. The molecule has 0 aromatic carbocycles. The van der Waals surface area contributed by atoms with E-state index < -0.39 is 0 Å². The third-order valence-electron chi connectivity index (χ3n) is 3.47. The van der Waals surface area contributed by atoms with Crippen molar-refractivity contribution in [3.63, 3.8) is 0 Å². The standard InChI is InChI=1S/C16H36N2/c1-4-7-10-11-12-16(18-14-9-6-3)15-17-13-8-5-2/h16-18H,4-15H2,1-3H3. The molecule has 2 heteroatoms. The highest BCUT2D eigenvalue weighted by Gasteiger charge is 2.06. The number of hydrogen-bond acceptors (Lipinski definition) is 2. The van der Waals surface area contributed by atoms with E-state index in [2.05, 4.69) is 31.4 Å². The molecule has 0 rings (SSSR count). The lowest BCUT2D eigenvalue weighted by Gasteiger charge is -2.19. The minimum atomic E-state index is 0.685. The van der Waals surface area contributed by atoms with Crippen LogP contribution in [0.15, 0.2) is 0 Å². The number of hydrogen-bond donors (Lipinski definition) is 2. The zero-order valence-electron chi connectivity index (χ0n) is 13.1. The molecule has 0 spiro atoms. The summed E-state index contributed by atoms with van der Waals surface area (Å²) in [6.07, 6.45) is 12.0. The van der Waals surface area contributed by atoms with Crippen LogP contribution in [0.1, 0.15) is 78.6 Å². The van der Waals surface area contributed by atoms with Crippen molar-refractivity contribution in [2.24, 2.45) is 0 Å². The van der Waals surface area contributed by atoms with Gasteiger partial charge in [0.2, 0.25) is 0 Å². The summed E-state index contributed by atoms with van der Waals surface area (Å²) in [7, 11) is 0. The molecule has 0 saturated carbocycles. The molecule has 0 aliphatic heterocycles. The Hall–Kier alpha value is -0.0800. The topological polar surface area (TPSA) is 24.1 Å². The Morgan fingerprint density at radius 3 is 2.06 bits per heavy atom. The molecule has 0 aromatic rings. The summed E-state index contributed by atoms with van der Waals surface area (Å²) in [4.78, 5) is 0. The summed E-state index contributed by atoms with van der Waals surface area (Å²) in [5.74, 6) is 0. The summed E-state index contributed by atoms with van der Waals surface area (Å²) in [6, 6.07) is 0.685. The van der Waals surface area contributed by atoms with Crippen LogP contribution in [0.3, 0.4) is 0 Å². The maximum Gasteiger partial charge on any atom is 0.0192 e. The van der Waals surface area contributed by atoms with E-state index in [1.54, 1.807) is 0 Å². The van der Waals surface area contributed by atoms with Crippen LogP contribution in [0, 0.1) is 0 Å². The summed E-state index contributed by atoms with van der Waals surface area (Å²) in [6.45, 7) is 10.3. The van der Waals surface area contributed by atoms with Gasteiger partial charge in [-0.2, -0.15) is 0 Å². The first-order valence-corrected chi connectivity index (χ1v) is 8.29. The summed E-state index contributed by atoms with van der Waals surface area (Å²) in [5.41, 5.74) is 0. The molecule has 0 fully saturated rings. The van der Waals surface area contributed by atoms with Gasteiger partial charge in [0.15, 0.2) is 0 Å². The first-order chi connectivity index (χ1) is 8.85. The minimum Gasteiger partial charge on any atom is -0.315 e. The molecule has 110 valence electrons. The van der Waals surface area contributed by atoms with Gasteiger partial charge in [0, 0.05) is 12.6 Å². The zero-order chi connectivity index (χ0) is 13.5. The lowest BCUT2D eigenvalue weighted by Crippen LogP contribution is -2.39. The molecule has 2 nitrogen and oxygen atoms in total. The van der Waals surface area contributed by atoms with Crippen LogP contribution in [-0.4, -0.2) is 25.7 Å². The zero-order valence-corrected chi connectivity index (χ0v) is 13.1. The summed E-state index contributed by atoms with van der Waals surface area (Å²) >= 11 is 0. The fourth-order valence-corrected chi connectivity index (χ4v) is 2.15. The predicted molar refractivity (Wildman–Crippen MR) is 83.2 cm³/mol. The second-order valence-electron chi connectivity index (χ2n) is 5.41. The molecule has 0 saturated heterocycles. The van der Waals surface area contributed by atoms with Crippen LogP contribution in [-0.2, 0) is 0 Å². The summed E-state index contributed by atoms with van der Waals surface area (Å²) in [5, 5.41) is 7.30. The van der Waals surface area contributed by atoms with E-state index in [1.165, 1.54) is 70.9 Å². The van der Waals surface area contributed by atoms with Crippen molar-refractivity contribution in [3.05, 3.63) is 0 Å². The molecule has 0 aromatic heterocycles. The molecule has 0 aliphatic carbocycles. The van der Waals surface area contributed by atoms with Gasteiger partial charge in [-0.25, -0.2) is 0 Å². The van der Waals surface area contributed by atoms with E-state index >= 15 is 0 Å². The van der Waals surface area contributed by atoms with E-state index in [1.807, 2.05) is 0 Å². The first-order valence-electron chi connectivity index (χ1n) is 8.29. The molecule has 0 aliphatic rings. The molecule has 18 heavy (non-hydrogen) atoms. The fraction of sp³-hybridized carbons (Fsp3) is 1.00. The van der Waals surface area contributed by atoms with Gasteiger partial charge >= 0.3 is 0 Å². The number of rotatable bonds is 14. The lowest BCUT2D eigenvalue weighted by molar-refractivity contribution is 0.424. The molecule has 0 heterocycles. The highest BCUT2D eigenvalue weighted by molar-refractivity contribution is 4.70. The van der Waals surface area contributed by atoms with Crippen LogP contribution in [0.2, 0.25) is 0 Å². The van der Waals surface area contributed by atoms with Crippen molar-refractivity contribution >= 4 is 0 Å². The van der Waals surface area contributed by atoms with Crippen molar-refractivity contribution < 1.29 is 0 Å². The van der Waals surface area contributed by atoms with Crippen molar-refractivity contribution in [3.8, 4) is 0 Å². The number of nitrogens with one attached hydrogen (secondary N) is 2. The molecular formula is C16H36N2. The van der Waals surface area contributed by atoms with Crippen LogP contribution in [0.4, 0.5) is 0 Å². The molecule has 1 unspecified atom stereocenters. The minimum absolute atomic E-state index is 0.685. The van der Waals surface area contributed by atoms with Crippen LogP contribution < -0.4 is 10.6 Å². The predicted octanol–water partition coefficient (Wildman–Crippen LogP) is 4.10. The smallest absolute Gasteiger partial charge is 0.0192 e. The number of unbranched alkanes of at least 4 members (excludes halogenated alkanes) is 5. The van der Waals surface area contributed by atoms with Crippen molar-refractivity contribution in [2.75, 3.05) is 19.6 Å². The average Bonchev–Trinajstić information content (AvgIpc) is 2.39.